The lowest BCUT2D eigenvalue weighted by Crippen LogP contribution is -1.94. The highest BCUT2D eigenvalue weighted by molar-refractivity contribution is 5.73. The standard InChI is InChI=1S/C12H13N3/c1-15-12(11(13)9-14-15)8-7-10-5-3-2-4-6-10/h2-9H,13H2,1H3/b8-7+. The van der Waals surface area contributed by atoms with Crippen LogP contribution in [-0.4, -0.2) is 9.78 Å². The number of nitrogen functional groups attached to an aromatic ring is 1. The highest BCUT2D eigenvalue weighted by Gasteiger charge is 1.99. The van der Waals surface area contributed by atoms with Crippen molar-refractivity contribution in [3.05, 3.63) is 47.8 Å². The molecule has 0 aliphatic heterocycles. The van der Waals surface area contributed by atoms with Crippen LogP contribution < -0.4 is 5.73 Å². The fourth-order valence-electron chi connectivity index (χ4n) is 1.41. The second-order valence-corrected chi connectivity index (χ2v) is 3.35. The summed E-state index contributed by atoms with van der Waals surface area (Å²) in [6, 6.07) is 10.1. The van der Waals surface area contributed by atoms with Crippen LogP contribution in [0.5, 0.6) is 0 Å². The van der Waals surface area contributed by atoms with E-state index < -0.39 is 0 Å². The first-order chi connectivity index (χ1) is 7.27. The predicted molar refractivity (Wildman–Crippen MR) is 63.0 cm³/mol. The number of benzene rings is 1. The first kappa shape index (κ1) is 9.52. The molecule has 1 aromatic heterocycles. The molecule has 0 amide bonds. The van der Waals surface area contributed by atoms with Gasteiger partial charge in [0.2, 0.25) is 0 Å². The van der Waals surface area contributed by atoms with Crippen LogP contribution in [0, 0.1) is 0 Å². The Hall–Kier alpha value is -2.03. The molecule has 1 aromatic carbocycles. The summed E-state index contributed by atoms with van der Waals surface area (Å²) < 4.78 is 1.76. The van der Waals surface area contributed by atoms with Gasteiger partial charge in [-0.05, 0) is 11.6 Å². The largest absolute Gasteiger partial charge is 0.396 e. The van der Waals surface area contributed by atoms with E-state index in [4.69, 9.17) is 5.73 Å². The molecule has 2 N–H and O–H groups in total. The monoisotopic (exact) mass is 199 g/mol. The number of aromatic nitrogens is 2. The third-order valence-electron chi connectivity index (χ3n) is 2.25. The van der Waals surface area contributed by atoms with Gasteiger partial charge in [0, 0.05) is 7.05 Å². The molecule has 2 aromatic rings. The number of aryl methyl sites for hydroxylation is 1. The van der Waals surface area contributed by atoms with Crippen molar-refractivity contribution in [1.82, 2.24) is 9.78 Å². The molecule has 2 rings (SSSR count). The van der Waals surface area contributed by atoms with Crippen LogP contribution in [0.2, 0.25) is 0 Å². The zero-order valence-electron chi connectivity index (χ0n) is 8.59. The van der Waals surface area contributed by atoms with E-state index in [0.29, 0.717) is 5.69 Å². The minimum atomic E-state index is 0.699. The summed E-state index contributed by atoms with van der Waals surface area (Å²) >= 11 is 0. The lowest BCUT2D eigenvalue weighted by Gasteiger charge is -1.96. The number of hydrogen-bond acceptors (Lipinski definition) is 2. The van der Waals surface area contributed by atoms with Crippen LogP contribution in [0.3, 0.4) is 0 Å². The quantitative estimate of drug-likeness (QED) is 0.805. The van der Waals surface area contributed by atoms with Gasteiger partial charge in [0.15, 0.2) is 0 Å². The Bertz CT molecular complexity index is 449. The SMILES string of the molecule is Cn1ncc(N)c1/C=C/c1ccccc1. The smallest absolute Gasteiger partial charge is 0.0836 e. The molecule has 0 aliphatic rings. The maximum absolute atomic E-state index is 5.77. The first-order valence-electron chi connectivity index (χ1n) is 4.78. The highest BCUT2D eigenvalue weighted by Crippen LogP contribution is 2.13. The van der Waals surface area contributed by atoms with Crippen molar-refractivity contribution in [3.8, 4) is 0 Å². The van der Waals surface area contributed by atoms with E-state index in [2.05, 4.69) is 5.10 Å². The zero-order chi connectivity index (χ0) is 10.7. The molecule has 3 nitrogen and oxygen atoms in total. The topological polar surface area (TPSA) is 43.8 Å². The van der Waals surface area contributed by atoms with Crippen LogP contribution >= 0.6 is 0 Å². The molecule has 0 aliphatic carbocycles. The van der Waals surface area contributed by atoms with E-state index in [9.17, 15) is 0 Å². The van der Waals surface area contributed by atoms with Crippen molar-refractivity contribution >= 4 is 17.8 Å². The molecule has 0 spiro atoms. The van der Waals surface area contributed by atoms with E-state index in [-0.39, 0.29) is 0 Å². The van der Waals surface area contributed by atoms with Gasteiger partial charge >= 0.3 is 0 Å². The van der Waals surface area contributed by atoms with Crippen LogP contribution in [0.1, 0.15) is 11.3 Å². The van der Waals surface area contributed by atoms with Gasteiger partial charge in [-0.3, -0.25) is 4.68 Å². The molecule has 0 atom stereocenters. The molecule has 0 saturated carbocycles. The molecule has 0 radical (unpaired) electrons. The third-order valence-corrected chi connectivity index (χ3v) is 2.25. The van der Waals surface area contributed by atoms with Gasteiger partial charge in [-0.2, -0.15) is 5.10 Å². The van der Waals surface area contributed by atoms with Crippen LogP contribution in [0.4, 0.5) is 5.69 Å². The Morgan fingerprint density at radius 1 is 1.20 bits per heavy atom. The average Bonchev–Trinajstić information content (AvgIpc) is 2.58. The Morgan fingerprint density at radius 2 is 1.93 bits per heavy atom. The molecule has 0 fully saturated rings. The Balaban J connectivity index is 2.26. The number of anilines is 1. The highest BCUT2D eigenvalue weighted by atomic mass is 15.3. The van der Waals surface area contributed by atoms with E-state index >= 15 is 0 Å². The third kappa shape index (κ3) is 2.07. The summed E-state index contributed by atoms with van der Waals surface area (Å²) in [5.41, 5.74) is 8.55. The molecule has 3 heteroatoms. The summed E-state index contributed by atoms with van der Waals surface area (Å²) in [6.07, 6.45) is 5.65. The average molecular weight is 199 g/mol. The molecule has 0 saturated heterocycles. The van der Waals surface area contributed by atoms with Crippen molar-refractivity contribution in [3.63, 3.8) is 0 Å². The summed E-state index contributed by atoms with van der Waals surface area (Å²) in [5.74, 6) is 0. The second kappa shape index (κ2) is 4.00. The maximum atomic E-state index is 5.77. The summed E-state index contributed by atoms with van der Waals surface area (Å²) in [6.45, 7) is 0. The van der Waals surface area contributed by atoms with Crippen molar-refractivity contribution in [1.29, 1.82) is 0 Å². The number of rotatable bonds is 2. The van der Waals surface area contributed by atoms with E-state index in [1.807, 2.05) is 49.5 Å². The van der Waals surface area contributed by atoms with E-state index in [1.165, 1.54) is 0 Å². The van der Waals surface area contributed by atoms with Gasteiger partial charge < -0.3 is 5.73 Å². The molecular formula is C12H13N3. The van der Waals surface area contributed by atoms with Crippen LogP contribution in [0.15, 0.2) is 36.5 Å². The van der Waals surface area contributed by atoms with E-state index in [1.54, 1.807) is 10.9 Å². The van der Waals surface area contributed by atoms with Gasteiger partial charge in [0.05, 0.1) is 17.6 Å². The summed E-state index contributed by atoms with van der Waals surface area (Å²) in [4.78, 5) is 0. The van der Waals surface area contributed by atoms with Crippen molar-refractivity contribution in [2.75, 3.05) is 5.73 Å². The van der Waals surface area contributed by atoms with Gasteiger partial charge in [-0.25, -0.2) is 0 Å². The van der Waals surface area contributed by atoms with Gasteiger partial charge in [-0.15, -0.1) is 0 Å². The van der Waals surface area contributed by atoms with E-state index in [0.717, 1.165) is 11.3 Å². The molecule has 0 unspecified atom stereocenters. The zero-order valence-corrected chi connectivity index (χ0v) is 8.59. The van der Waals surface area contributed by atoms with Crippen LogP contribution in [-0.2, 0) is 7.05 Å². The number of nitrogens with two attached hydrogens (primary N) is 1. The lowest BCUT2D eigenvalue weighted by atomic mass is 10.2. The maximum Gasteiger partial charge on any atom is 0.0836 e. The number of nitrogens with zero attached hydrogens (tertiary/aromatic N) is 2. The second-order valence-electron chi connectivity index (χ2n) is 3.35. The minimum Gasteiger partial charge on any atom is -0.396 e. The van der Waals surface area contributed by atoms with Crippen molar-refractivity contribution in [2.24, 2.45) is 7.05 Å². The fourth-order valence-corrected chi connectivity index (χ4v) is 1.41. The number of hydrogen-bond donors (Lipinski definition) is 1. The summed E-state index contributed by atoms with van der Waals surface area (Å²) in [5, 5.41) is 4.07. The van der Waals surface area contributed by atoms with Crippen LogP contribution in [0.25, 0.3) is 12.2 Å². The fraction of sp³-hybridized carbons (Fsp3) is 0.0833. The Kier molecular flexibility index (Phi) is 2.54. The van der Waals surface area contributed by atoms with Crippen molar-refractivity contribution in [2.45, 2.75) is 0 Å². The lowest BCUT2D eigenvalue weighted by molar-refractivity contribution is 0.760. The Morgan fingerprint density at radius 3 is 2.53 bits per heavy atom. The minimum absolute atomic E-state index is 0.699. The molecule has 1 heterocycles. The molecule has 0 bridgehead atoms. The normalized spacial score (nSPS) is 11.0. The molecule has 76 valence electrons. The molecule has 15 heavy (non-hydrogen) atoms. The Labute approximate surface area is 88.8 Å². The van der Waals surface area contributed by atoms with Crippen molar-refractivity contribution < 1.29 is 0 Å². The van der Waals surface area contributed by atoms with Gasteiger partial charge in [-0.1, -0.05) is 36.4 Å². The molecular weight excluding hydrogens is 186 g/mol. The van der Waals surface area contributed by atoms with Gasteiger partial charge in [0.25, 0.3) is 0 Å². The predicted octanol–water partition coefficient (Wildman–Crippen LogP) is 2.17. The first-order valence-corrected chi connectivity index (χ1v) is 4.78. The van der Waals surface area contributed by atoms with Gasteiger partial charge in [0.1, 0.15) is 0 Å². The summed E-state index contributed by atoms with van der Waals surface area (Å²) in [7, 11) is 1.88.